The van der Waals surface area contributed by atoms with Gasteiger partial charge in [-0.1, -0.05) is 56.3 Å². The second-order valence-corrected chi connectivity index (χ2v) is 8.59. The number of benzene rings is 2. The zero-order valence-corrected chi connectivity index (χ0v) is 18.4. The number of hydrogen-bond donors (Lipinski definition) is 3. The van der Waals surface area contributed by atoms with E-state index in [1.807, 2.05) is 6.07 Å². The van der Waals surface area contributed by atoms with Gasteiger partial charge in [-0.15, -0.1) is 0 Å². The average molecular weight is 410 g/mol. The van der Waals surface area contributed by atoms with Crippen LogP contribution in [-0.2, 0) is 0 Å². The quantitative estimate of drug-likeness (QED) is 0.515. The lowest BCUT2D eigenvalue weighted by Gasteiger charge is -2.41. The van der Waals surface area contributed by atoms with Crippen LogP contribution < -0.4 is 21.4 Å². The first kappa shape index (κ1) is 21.3. The molecule has 3 rings (SSSR count). The minimum atomic E-state index is 0.150. The number of rotatable bonds is 5. The molecule has 0 aromatic heterocycles. The summed E-state index contributed by atoms with van der Waals surface area (Å²) in [4.78, 5) is 2.11. The molecule has 1 fully saturated rings. The second-order valence-electron chi connectivity index (χ2n) is 8.15. The van der Waals surface area contributed by atoms with Gasteiger partial charge in [0.25, 0.3) is 0 Å². The molecule has 0 spiro atoms. The maximum atomic E-state index is 5.66. The molecule has 1 saturated heterocycles. The van der Waals surface area contributed by atoms with Gasteiger partial charge in [-0.3, -0.25) is 5.43 Å². The number of hydrazone groups is 1. The smallest absolute Gasteiger partial charge is 0.184 e. The number of hydrogen-bond acceptors (Lipinski definition) is 4. The van der Waals surface area contributed by atoms with Crippen LogP contribution in [0.4, 0.5) is 5.69 Å². The molecule has 4 N–H and O–H groups in total. The molecule has 5 nitrogen and oxygen atoms in total. The fourth-order valence-corrected chi connectivity index (χ4v) is 4.16. The van der Waals surface area contributed by atoms with E-state index in [2.05, 4.69) is 97.2 Å². The van der Waals surface area contributed by atoms with Gasteiger partial charge in [0.15, 0.2) is 5.11 Å². The molecule has 1 aliphatic heterocycles. The third-order valence-electron chi connectivity index (χ3n) is 5.54. The summed E-state index contributed by atoms with van der Waals surface area (Å²) in [7, 11) is 4.12. The monoisotopic (exact) mass is 409 g/mol. The third kappa shape index (κ3) is 5.14. The van der Waals surface area contributed by atoms with Gasteiger partial charge in [0.05, 0.1) is 0 Å². The summed E-state index contributed by atoms with van der Waals surface area (Å²) in [5.74, 6) is 0.645. The molecule has 3 atom stereocenters. The van der Waals surface area contributed by atoms with Gasteiger partial charge in [-0.05, 0) is 41.4 Å². The van der Waals surface area contributed by atoms with Crippen molar-refractivity contribution in [2.75, 3.05) is 19.0 Å². The molecule has 154 valence electrons. The van der Waals surface area contributed by atoms with Crippen molar-refractivity contribution in [2.24, 2.45) is 22.7 Å². The van der Waals surface area contributed by atoms with Crippen LogP contribution in [0.5, 0.6) is 0 Å². The van der Waals surface area contributed by atoms with Crippen LogP contribution in [0.3, 0.4) is 0 Å². The SMILES string of the molecule is CC(C)C1/C(=N\NC(N)=S)CC(c2ccccc2)NC1c1ccc(N(C)C)cc1. The summed E-state index contributed by atoms with van der Waals surface area (Å²) in [5, 5.41) is 8.73. The Hall–Kier alpha value is -2.44. The highest BCUT2D eigenvalue weighted by Crippen LogP contribution is 2.39. The highest BCUT2D eigenvalue weighted by Gasteiger charge is 2.38. The molecule has 2 aromatic carbocycles. The van der Waals surface area contributed by atoms with Crippen molar-refractivity contribution in [2.45, 2.75) is 32.4 Å². The molecule has 0 aliphatic carbocycles. The number of nitrogens with two attached hydrogens (primary N) is 1. The van der Waals surface area contributed by atoms with Gasteiger partial charge in [0, 0.05) is 49.9 Å². The molecule has 2 aromatic rings. The van der Waals surface area contributed by atoms with Crippen LogP contribution >= 0.6 is 12.2 Å². The van der Waals surface area contributed by atoms with E-state index in [4.69, 9.17) is 18.0 Å². The van der Waals surface area contributed by atoms with Crippen molar-refractivity contribution in [3.63, 3.8) is 0 Å². The number of piperidine rings is 1. The van der Waals surface area contributed by atoms with E-state index >= 15 is 0 Å². The average Bonchev–Trinajstić information content (AvgIpc) is 2.72. The van der Waals surface area contributed by atoms with Crippen molar-refractivity contribution < 1.29 is 0 Å². The topological polar surface area (TPSA) is 65.7 Å². The standard InChI is InChI=1S/C23H31N5S/c1-15(2)21-20(26-27-23(24)29)14-19(16-8-6-5-7-9-16)25-22(21)17-10-12-18(13-11-17)28(3)4/h5-13,15,19,21-22,25H,14H2,1-4H3,(H3,24,27,29)/b26-20-. The van der Waals surface area contributed by atoms with Crippen LogP contribution in [0.2, 0.25) is 0 Å². The maximum Gasteiger partial charge on any atom is 0.184 e. The largest absolute Gasteiger partial charge is 0.378 e. The van der Waals surface area contributed by atoms with Gasteiger partial charge in [0.2, 0.25) is 0 Å². The molecule has 0 saturated carbocycles. The fraction of sp³-hybridized carbons (Fsp3) is 0.391. The Labute approximate surface area is 179 Å². The fourth-order valence-electron chi connectivity index (χ4n) is 4.12. The summed E-state index contributed by atoms with van der Waals surface area (Å²) in [5.41, 5.74) is 13.3. The van der Waals surface area contributed by atoms with E-state index in [-0.39, 0.29) is 23.1 Å². The molecule has 3 unspecified atom stereocenters. The van der Waals surface area contributed by atoms with Crippen LogP contribution in [0.25, 0.3) is 0 Å². The number of nitrogens with zero attached hydrogens (tertiary/aromatic N) is 2. The molecule has 0 radical (unpaired) electrons. The van der Waals surface area contributed by atoms with E-state index < -0.39 is 0 Å². The van der Waals surface area contributed by atoms with Crippen molar-refractivity contribution in [3.8, 4) is 0 Å². The van der Waals surface area contributed by atoms with Gasteiger partial charge in [0.1, 0.15) is 0 Å². The zero-order valence-electron chi connectivity index (χ0n) is 17.6. The number of anilines is 1. The molecule has 0 bridgehead atoms. The Bertz CT molecular complexity index is 845. The van der Waals surface area contributed by atoms with Crippen molar-refractivity contribution in [1.82, 2.24) is 10.7 Å². The first-order chi connectivity index (χ1) is 13.9. The molecular formula is C23H31N5S. The van der Waals surface area contributed by atoms with Crippen molar-refractivity contribution in [3.05, 3.63) is 65.7 Å². The molecular weight excluding hydrogens is 378 g/mol. The molecule has 1 aliphatic rings. The summed E-state index contributed by atoms with van der Waals surface area (Å²) >= 11 is 4.99. The number of thiocarbonyl (C=S) groups is 1. The Morgan fingerprint density at radius 2 is 1.76 bits per heavy atom. The Morgan fingerprint density at radius 3 is 2.31 bits per heavy atom. The summed E-state index contributed by atoms with van der Waals surface area (Å²) in [6.45, 7) is 4.49. The van der Waals surface area contributed by atoms with Crippen molar-refractivity contribution >= 4 is 28.7 Å². The minimum Gasteiger partial charge on any atom is -0.378 e. The van der Waals surface area contributed by atoms with Crippen LogP contribution in [-0.4, -0.2) is 24.9 Å². The summed E-state index contributed by atoms with van der Waals surface area (Å²) in [6, 6.07) is 19.6. The highest BCUT2D eigenvalue weighted by molar-refractivity contribution is 7.80. The van der Waals surface area contributed by atoms with Gasteiger partial charge in [-0.2, -0.15) is 5.10 Å². The van der Waals surface area contributed by atoms with Crippen molar-refractivity contribution in [1.29, 1.82) is 0 Å². The van der Waals surface area contributed by atoms with E-state index in [1.165, 1.54) is 16.8 Å². The van der Waals surface area contributed by atoms with Crippen LogP contribution in [0.1, 0.15) is 43.5 Å². The Morgan fingerprint density at radius 1 is 1.10 bits per heavy atom. The maximum absolute atomic E-state index is 5.66. The lowest BCUT2D eigenvalue weighted by molar-refractivity contribution is 0.294. The van der Waals surface area contributed by atoms with Gasteiger partial charge >= 0.3 is 0 Å². The van der Waals surface area contributed by atoms with E-state index in [1.54, 1.807) is 0 Å². The van der Waals surface area contributed by atoms with E-state index in [0.717, 1.165) is 12.1 Å². The summed E-state index contributed by atoms with van der Waals surface area (Å²) in [6.07, 6.45) is 0.814. The van der Waals surface area contributed by atoms with E-state index in [9.17, 15) is 0 Å². The van der Waals surface area contributed by atoms with Gasteiger partial charge in [-0.25, -0.2) is 0 Å². The molecule has 29 heavy (non-hydrogen) atoms. The lowest BCUT2D eigenvalue weighted by atomic mass is 9.75. The van der Waals surface area contributed by atoms with Gasteiger partial charge < -0.3 is 16.0 Å². The minimum absolute atomic E-state index is 0.150. The first-order valence-electron chi connectivity index (χ1n) is 10.1. The van der Waals surface area contributed by atoms with E-state index in [0.29, 0.717) is 5.92 Å². The Kier molecular flexibility index (Phi) is 6.87. The molecule has 1 heterocycles. The van der Waals surface area contributed by atoms with Crippen LogP contribution in [0, 0.1) is 11.8 Å². The normalized spacial score (nSPS) is 23.2. The lowest BCUT2D eigenvalue weighted by Crippen LogP contribution is -2.45. The van der Waals surface area contributed by atoms with Crippen LogP contribution in [0.15, 0.2) is 59.7 Å². The highest BCUT2D eigenvalue weighted by atomic mass is 32.1. The predicted octanol–water partition coefficient (Wildman–Crippen LogP) is 3.99. The first-order valence-corrected chi connectivity index (χ1v) is 10.5. The predicted molar refractivity (Wildman–Crippen MR) is 126 cm³/mol. The molecule has 6 heteroatoms. The third-order valence-corrected chi connectivity index (χ3v) is 5.63. The number of nitrogens with one attached hydrogen (secondary N) is 2. The summed E-state index contributed by atoms with van der Waals surface area (Å²) < 4.78 is 0. The Balaban J connectivity index is 2.01. The second kappa shape index (κ2) is 9.37. The zero-order chi connectivity index (χ0) is 21.0. The molecule has 0 amide bonds.